The number of amides is 1. The van der Waals surface area contributed by atoms with Gasteiger partial charge in [0.1, 0.15) is 0 Å². The molecule has 0 spiro atoms. The standard InChI is InChI=1S/C19H31BrN2O4S/c1-15(2)8-6-4-5-7-11-21-19(23)17-14-16(9-10-18(17)20)27(24,25)22-12-13-26-3/h9-10,14-15,22H,4-8,11-13H2,1-3H3,(H,21,23). The van der Waals surface area contributed by atoms with Gasteiger partial charge in [-0.15, -0.1) is 0 Å². The van der Waals surface area contributed by atoms with Gasteiger partial charge in [0.25, 0.3) is 5.91 Å². The Morgan fingerprint density at radius 3 is 2.52 bits per heavy atom. The number of nitrogens with one attached hydrogen (secondary N) is 2. The quantitative estimate of drug-likeness (QED) is 0.437. The number of methoxy groups -OCH3 is 1. The Hall–Kier alpha value is -0.960. The molecule has 154 valence electrons. The molecule has 1 amide bonds. The van der Waals surface area contributed by atoms with Crippen LogP contribution in [0.1, 0.15) is 56.3 Å². The predicted octanol–water partition coefficient (Wildman–Crippen LogP) is 3.71. The summed E-state index contributed by atoms with van der Waals surface area (Å²) in [5.74, 6) is 0.451. The molecule has 2 N–H and O–H groups in total. The van der Waals surface area contributed by atoms with Crippen molar-refractivity contribution in [3.8, 4) is 0 Å². The van der Waals surface area contributed by atoms with Crippen LogP contribution < -0.4 is 10.0 Å². The van der Waals surface area contributed by atoms with Crippen molar-refractivity contribution in [2.75, 3.05) is 26.8 Å². The lowest BCUT2D eigenvalue weighted by Crippen LogP contribution is -2.28. The summed E-state index contributed by atoms with van der Waals surface area (Å²) >= 11 is 3.32. The minimum atomic E-state index is -3.68. The van der Waals surface area contributed by atoms with Gasteiger partial charge in [-0.2, -0.15) is 0 Å². The average molecular weight is 463 g/mol. The van der Waals surface area contributed by atoms with Gasteiger partial charge >= 0.3 is 0 Å². The van der Waals surface area contributed by atoms with Gasteiger partial charge in [0, 0.05) is 24.7 Å². The van der Waals surface area contributed by atoms with Crippen molar-refractivity contribution in [1.82, 2.24) is 10.0 Å². The summed E-state index contributed by atoms with van der Waals surface area (Å²) in [5.41, 5.74) is 0.310. The van der Waals surface area contributed by atoms with Crippen molar-refractivity contribution in [2.45, 2.75) is 50.8 Å². The van der Waals surface area contributed by atoms with Crippen molar-refractivity contribution < 1.29 is 17.9 Å². The summed E-state index contributed by atoms with van der Waals surface area (Å²) in [6, 6.07) is 4.42. The van der Waals surface area contributed by atoms with Crippen molar-refractivity contribution in [1.29, 1.82) is 0 Å². The normalized spacial score (nSPS) is 11.7. The van der Waals surface area contributed by atoms with E-state index in [1.54, 1.807) is 6.07 Å². The van der Waals surface area contributed by atoms with Crippen molar-refractivity contribution >= 4 is 31.9 Å². The molecule has 27 heavy (non-hydrogen) atoms. The van der Waals surface area contributed by atoms with Crippen LogP contribution >= 0.6 is 15.9 Å². The molecule has 0 aliphatic carbocycles. The van der Waals surface area contributed by atoms with Gasteiger partial charge in [0.15, 0.2) is 0 Å². The lowest BCUT2D eigenvalue weighted by atomic mass is 10.0. The molecule has 0 radical (unpaired) electrons. The third-order valence-electron chi connectivity index (χ3n) is 4.08. The zero-order valence-corrected chi connectivity index (χ0v) is 18.8. The molecule has 0 saturated heterocycles. The maximum absolute atomic E-state index is 12.4. The summed E-state index contributed by atoms with van der Waals surface area (Å²) in [6.07, 6.45) is 5.61. The second-order valence-corrected chi connectivity index (χ2v) is 9.51. The van der Waals surface area contributed by atoms with E-state index >= 15 is 0 Å². The van der Waals surface area contributed by atoms with Crippen LogP contribution in [0.25, 0.3) is 0 Å². The smallest absolute Gasteiger partial charge is 0.252 e. The summed E-state index contributed by atoms with van der Waals surface area (Å²) in [6.45, 7) is 5.47. The SMILES string of the molecule is COCCNS(=O)(=O)c1ccc(Br)c(C(=O)NCCCCCCC(C)C)c1. The zero-order valence-electron chi connectivity index (χ0n) is 16.4. The number of hydrogen-bond acceptors (Lipinski definition) is 4. The summed E-state index contributed by atoms with van der Waals surface area (Å²) in [4.78, 5) is 12.5. The Morgan fingerprint density at radius 1 is 1.15 bits per heavy atom. The van der Waals surface area contributed by atoms with Crippen LogP contribution in [-0.2, 0) is 14.8 Å². The molecular formula is C19H31BrN2O4S. The van der Waals surface area contributed by atoms with Gasteiger partial charge in [-0.05, 0) is 46.5 Å². The third-order valence-corrected chi connectivity index (χ3v) is 6.24. The molecule has 1 rings (SSSR count). The molecule has 0 aliphatic heterocycles. The van der Waals surface area contributed by atoms with Crippen molar-refractivity contribution in [2.24, 2.45) is 5.92 Å². The monoisotopic (exact) mass is 462 g/mol. The summed E-state index contributed by atoms with van der Waals surface area (Å²) in [7, 11) is -2.18. The van der Waals surface area contributed by atoms with Crippen LogP contribution in [-0.4, -0.2) is 41.1 Å². The molecule has 0 aliphatic rings. The Morgan fingerprint density at radius 2 is 1.85 bits per heavy atom. The van der Waals surface area contributed by atoms with E-state index in [0.717, 1.165) is 18.8 Å². The topological polar surface area (TPSA) is 84.5 Å². The molecule has 1 aromatic carbocycles. The van der Waals surface area contributed by atoms with Crippen molar-refractivity contribution in [3.05, 3.63) is 28.2 Å². The van der Waals surface area contributed by atoms with Gasteiger partial charge in [-0.3, -0.25) is 4.79 Å². The number of halogens is 1. The Bertz CT molecular complexity index is 693. The highest BCUT2D eigenvalue weighted by molar-refractivity contribution is 9.10. The maximum Gasteiger partial charge on any atom is 0.252 e. The lowest BCUT2D eigenvalue weighted by Gasteiger charge is -2.10. The third kappa shape index (κ3) is 9.19. The van der Waals surface area contributed by atoms with Gasteiger partial charge in [0.05, 0.1) is 17.1 Å². The highest BCUT2D eigenvalue weighted by Gasteiger charge is 2.18. The first-order valence-corrected chi connectivity index (χ1v) is 11.6. The predicted molar refractivity (Wildman–Crippen MR) is 111 cm³/mol. The second-order valence-electron chi connectivity index (χ2n) is 6.88. The number of sulfonamides is 1. The van der Waals surface area contributed by atoms with Crippen molar-refractivity contribution in [3.63, 3.8) is 0 Å². The van der Waals surface area contributed by atoms with Gasteiger partial charge < -0.3 is 10.1 Å². The number of rotatable bonds is 13. The fourth-order valence-corrected chi connectivity index (χ4v) is 4.00. The number of carbonyl (C=O) groups is 1. The first-order chi connectivity index (χ1) is 12.8. The molecule has 0 saturated carbocycles. The molecule has 1 aromatic rings. The molecular weight excluding hydrogens is 432 g/mol. The first-order valence-electron chi connectivity index (χ1n) is 9.34. The Labute approximate surface area is 171 Å². The highest BCUT2D eigenvalue weighted by Crippen LogP contribution is 2.21. The van der Waals surface area contributed by atoms with E-state index in [9.17, 15) is 13.2 Å². The van der Waals surface area contributed by atoms with Gasteiger partial charge in [-0.1, -0.05) is 39.5 Å². The fourth-order valence-electron chi connectivity index (χ4n) is 2.54. The maximum atomic E-state index is 12.4. The van der Waals surface area contributed by atoms with Crippen LogP contribution in [0.15, 0.2) is 27.6 Å². The van der Waals surface area contributed by atoms with Crippen LogP contribution in [0.2, 0.25) is 0 Å². The van der Waals surface area contributed by atoms with Gasteiger partial charge in [0.2, 0.25) is 10.0 Å². The minimum absolute atomic E-state index is 0.0561. The van der Waals surface area contributed by atoms with E-state index in [1.165, 1.54) is 38.5 Å². The molecule has 6 nitrogen and oxygen atoms in total. The van der Waals surface area contributed by atoms with E-state index in [2.05, 4.69) is 39.8 Å². The van der Waals surface area contributed by atoms with E-state index in [1.807, 2.05) is 0 Å². The number of hydrogen-bond donors (Lipinski definition) is 2. The second kappa shape index (κ2) is 12.5. The van der Waals surface area contributed by atoms with E-state index < -0.39 is 10.0 Å². The Balaban J connectivity index is 2.57. The summed E-state index contributed by atoms with van der Waals surface area (Å²) in [5, 5.41) is 2.87. The molecule has 0 unspecified atom stereocenters. The fraction of sp³-hybridized carbons (Fsp3) is 0.632. The molecule has 0 fully saturated rings. The number of ether oxygens (including phenoxy) is 1. The largest absolute Gasteiger partial charge is 0.383 e. The zero-order chi connectivity index (χ0) is 20.3. The average Bonchev–Trinajstić information content (AvgIpc) is 2.60. The Kier molecular flexibility index (Phi) is 11.1. The summed E-state index contributed by atoms with van der Waals surface area (Å²) < 4.78 is 32.4. The highest BCUT2D eigenvalue weighted by atomic mass is 79.9. The van der Waals surface area contributed by atoms with Crippen LogP contribution in [0.3, 0.4) is 0 Å². The molecule has 0 heterocycles. The molecule has 0 bridgehead atoms. The van der Waals surface area contributed by atoms with E-state index in [4.69, 9.17) is 4.74 Å². The number of benzene rings is 1. The van der Waals surface area contributed by atoms with Crippen LogP contribution in [0, 0.1) is 5.92 Å². The van der Waals surface area contributed by atoms with Crippen LogP contribution in [0.4, 0.5) is 0 Å². The molecule has 0 atom stereocenters. The van der Waals surface area contributed by atoms with E-state index in [0.29, 0.717) is 16.6 Å². The first kappa shape index (κ1) is 24.1. The minimum Gasteiger partial charge on any atom is -0.383 e. The molecule has 0 aromatic heterocycles. The van der Waals surface area contributed by atoms with E-state index in [-0.39, 0.29) is 24.0 Å². The lowest BCUT2D eigenvalue weighted by molar-refractivity contribution is 0.0952. The van der Waals surface area contributed by atoms with Crippen LogP contribution in [0.5, 0.6) is 0 Å². The number of unbranched alkanes of at least 4 members (excludes halogenated alkanes) is 3. The van der Waals surface area contributed by atoms with Gasteiger partial charge in [-0.25, -0.2) is 13.1 Å². The molecule has 8 heteroatoms. The number of carbonyl (C=O) groups excluding carboxylic acids is 1.